The summed E-state index contributed by atoms with van der Waals surface area (Å²) >= 11 is 0. The molecule has 15 heavy (non-hydrogen) atoms. The van der Waals surface area contributed by atoms with E-state index in [1.165, 1.54) is 12.4 Å². The van der Waals surface area contributed by atoms with Crippen molar-refractivity contribution in [3.8, 4) is 0 Å². The average molecular weight is 209 g/mol. The van der Waals surface area contributed by atoms with Crippen LogP contribution in [0.15, 0.2) is 12.4 Å². The van der Waals surface area contributed by atoms with Crippen molar-refractivity contribution in [1.82, 2.24) is 9.97 Å². The number of nitrogens with one attached hydrogen (secondary N) is 1. The van der Waals surface area contributed by atoms with Crippen molar-refractivity contribution in [1.29, 1.82) is 0 Å². The van der Waals surface area contributed by atoms with Gasteiger partial charge in [0.1, 0.15) is 5.82 Å². The second-order valence-electron chi connectivity index (χ2n) is 3.95. The number of carboxylic acid groups (broad SMARTS) is 1. The summed E-state index contributed by atoms with van der Waals surface area (Å²) in [4.78, 5) is 18.3. The fourth-order valence-electron chi connectivity index (χ4n) is 0.938. The molecule has 0 aliphatic heterocycles. The van der Waals surface area contributed by atoms with E-state index >= 15 is 0 Å². The van der Waals surface area contributed by atoms with E-state index in [2.05, 4.69) is 22.2 Å². The van der Waals surface area contributed by atoms with Gasteiger partial charge in [-0.1, -0.05) is 6.92 Å². The SMILES string of the molecule is CCC(C)(C)Nc1cnc(C(=O)O)cn1. The topological polar surface area (TPSA) is 75.1 Å². The molecule has 0 aliphatic rings. The predicted molar refractivity (Wildman–Crippen MR) is 57.0 cm³/mol. The Balaban J connectivity index is 2.77. The molecule has 2 N–H and O–H groups in total. The van der Waals surface area contributed by atoms with Crippen LogP contribution >= 0.6 is 0 Å². The van der Waals surface area contributed by atoms with E-state index in [4.69, 9.17) is 5.11 Å². The zero-order chi connectivity index (χ0) is 11.5. The van der Waals surface area contributed by atoms with Crippen molar-refractivity contribution in [3.63, 3.8) is 0 Å². The summed E-state index contributed by atoms with van der Waals surface area (Å²) in [5.74, 6) is -0.476. The largest absolute Gasteiger partial charge is 0.476 e. The molecule has 1 rings (SSSR count). The summed E-state index contributed by atoms with van der Waals surface area (Å²) in [5, 5.41) is 11.8. The number of anilines is 1. The van der Waals surface area contributed by atoms with Crippen LogP contribution in [0.3, 0.4) is 0 Å². The monoisotopic (exact) mass is 209 g/mol. The Bertz CT molecular complexity index is 346. The molecule has 0 radical (unpaired) electrons. The molecular formula is C10H15N3O2. The predicted octanol–water partition coefficient (Wildman–Crippen LogP) is 1.78. The minimum atomic E-state index is -1.07. The summed E-state index contributed by atoms with van der Waals surface area (Å²) in [5.41, 5.74) is -0.116. The zero-order valence-corrected chi connectivity index (χ0v) is 9.11. The van der Waals surface area contributed by atoms with Crippen molar-refractivity contribution in [2.45, 2.75) is 32.7 Å². The van der Waals surface area contributed by atoms with Crippen LogP contribution in [0.4, 0.5) is 5.82 Å². The first-order valence-corrected chi connectivity index (χ1v) is 4.78. The van der Waals surface area contributed by atoms with Gasteiger partial charge in [-0.05, 0) is 20.3 Å². The lowest BCUT2D eigenvalue weighted by atomic mass is 10.0. The maximum atomic E-state index is 10.5. The Morgan fingerprint density at radius 1 is 1.47 bits per heavy atom. The second-order valence-corrected chi connectivity index (χ2v) is 3.95. The minimum Gasteiger partial charge on any atom is -0.476 e. The lowest BCUT2D eigenvalue weighted by Gasteiger charge is -2.24. The van der Waals surface area contributed by atoms with E-state index in [0.29, 0.717) is 5.82 Å². The van der Waals surface area contributed by atoms with E-state index in [-0.39, 0.29) is 11.2 Å². The van der Waals surface area contributed by atoms with Gasteiger partial charge < -0.3 is 10.4 Å². The number of hydrogen-bond acceptors (Lipinski definition) is 4. The first kappa shape index (κ1) is 11.4. The van der Waals surface area contributed by atoms with Gasteiger partial charge in [0.15, 0.2) is 5.69 Å². The van der Waals surface area contributed by atoms with Crippen LogP contribution in [0.2, 0.25) is 0 Å². The smallest absolute Gasteiger partial charge is 0.356 e. The molecule has 0 amide bonds. The van der Waals surface area contributed by atoms with Crippen molar-refractivity contribution >= 4 is 11.8 Å². The van der Waals surface area contributed by atoms with Gasteiger partial charge in [0.25, 0.3) is 0 Å². The molecule has 0 saturated carbocycles. The number of nitrogens with zero attached hydrogens (tertiary/aromatic N) is 2. The highest BCUT2D eigenvalue weighted by Gasteiger charge is 2.15. The van der Waals surface area contributed by atoms with Gasteiger partial charge in [0.05, 0.1) is 12.4 Å². The van der Waals surface area contributed by atoms with Gasteiger partial charge in [-0.15, -0.1) is 0 Å². The molecule has 0 bridgehead atoms. The highest BCUT2D eigenvalue weighted by atomic mass is 16.4. The van der Waals surface area contributed by atoms with Crippen LogP contribution in [0, 0.1) is 0 Å². The minimum absolute atomic E-state index is 0.0464. The number of carbonyl (C=O) groups is 1. The van der Waals surface area contributed by atoms with Crippen molar-refractivity contribution < 1.29 is 9.90 Å². The first-order chi connectivity index (χ1) is 6.94. The molecule has 1 aromatic heterocycles. The average Bonchev–Trinajstić information content (AvgIpc) is 2.18. The fourth-order valence-corrected chi connectivity index (χ4v) is 0.938. The third kappa shape index (κ3) is 3.19. The van der Waals surface area contributed by atoms with Gasteiger partial charge in [0.2, 0.25) is 0 Å². The van der Waals surface area contributed by atoms with Crippen LogP contribution in [0.1, 0.15) is 37.7 Å². The van der Waals surface area contributed by atoms with Gasteiger partial charge in [-0.3, -0.25) is 0 Å². The lowest BCUT2D eigenvalue weighted by Crippen LogP contribution is -2.30. The van der Waals surface area contributed by atoms with Crippen molar-refractivity contribution in [3.05, 3.63) is 18.1 Å². The Kier molecular flexibility index (Phi) is 3.24. The molecule has 5 nitrogen and oxygen atoms in total. The molecule has 1 heterocycles. The molecule has 82 valence electrons. The molecule has 0 fully saturated rings. The first-order valence-electron chi connectivity index (χ1n) is 4.78. The Morgan fingerprint density at radius 2 is 2.13 bits per heavy atom. The number of hydrogen-bond donors (Lipinski definition) is 2. The molecule has 0 aliphatic carbocycles. The molecule has 0 saturated heterocycles. The van der Waals surface area contributed by atoms with Crippen LogP contribution < -0.4 is 5.32 Å². The third-order valence-electron chi connectivity index (χ3n) is 2.22. The highest BCUT2D eigenvalue weighted by molar-refractivity contribution is 5.84. The summed E-state index contributed by atoms with van der Waals surface area (Å²) in [6.07, 6.45) is 3.62. The van der Waals surface area contributed by atoms with Crippen molar-refractivity contribution in [2.75, 3.05) is 5.32 Å². The summed E-state index contributed by atoms with van der Waals surface area (Å²) < 4.78 is 0. The second kappa shape index (κ2) is 4.25. The quantitative estimate of drug-likeness (QED) is 0.790. The van der Waals surface area contributed by atoms with E-state index in [1.807, 2.05) is 13.8 Å². The van der Waals surface area contributed by atoms with Crippen LogP contribution in [0.25, 0.3) is 0 Å². The van der Waals surface area contributed by atoms with Gasteiger partial charge >= 0.3 is 5.97 Å². The van der Waals surface area contributed by atoms with Crippen molar-refractivity contribution in [2.24, 2.45) is 0 Å². The number of aromatic nitrogens is 2. The van der Waals surface area contributed by atoms with Gasteiger partial charge in [0, 0.05) is 5.54 Å². The van der Waals surface area contributed by atoms with Crippen LogP contribution in [-0.4, -0.2) is 26.6 Å². The van der Waals surface area contributed by atoms with E-state index < -0.39 is 5.97 Å². The number of aromatic carboxylic acids is 1. The zero-order valence-electron chi connectivity index (χ0n) is 9.11. The lowest BCUT2D eigenvalue weighted by molar-refractivity contribution is 0.0690. The Morgan fingerprint density at radius 3 is 2.53 bits per heavy atom. The maximum absolute atomic E-state index is 10.5. The third-order valence-corrected chi connectivity index (χ3v) is 2.22. The Hall–Kier alpha value is -1.65. The molecule has 0 aromatic carbocycles. The fraction of sp³-hybridized carbons (Fsp3) is 0.500. The summed E-state index contributed by atoms with van der Waals surface area (Å²) in [6.45, 7) is 6.14. The van der Waals surface area contributed by atoms with Crippen LogP contribution in [-0.2, 0) is 0 Å². The molecule has 5 heteroatoms. The van der Waals surface area contributed by atoms with E-state index in [1.54, 1.807) is 0 Å². The number of carboxylic acids is 1. The normalized spacial score (nSPS) is 11.1. The summed E-state index contributed by atoms with van der Waals surface area (Å²) in [6, 6.07) is 0. The molecular weight excluding hydrogens is 194 g/mol. The van der Waals surface area contributed by atoms with Gasteiger partial charge in [-0.2, -0.15) is 0 Å². The highest BCUT2D eigenvalue weighted by Crippen LogP contribution is 2.14. The summed E-state index contributed by atoms with van der Waals surface area (Å²) in [7, 11) is 0. The number of rotatable bonds is 4. The molecule has 0 atom stereocenters. The Labute approximate surface area is 88.6 Å². The van der Waals surface area contributed by atoms with Crippen LogP contribution in [0.5, 0.6) is 0 Å². The standard InChI is InChI=1S/C10H15N3O2/c1-4-10(2,3)13-8-6-11-7(5-12-8)9(14)15/h5-6H,4H2,1-3H3,(H,12,13)(H,14,15). The van der Waals surface area contributed by atoms with Gasteiger partial charge in [-0.25, -0.2) is 14.8 Å². The molecule has 1 aromatic rings. The van der Waals surface area contributed by atoms with E-state index in [0.717, 1.165) is 6.42 Å². The molecule has 0 spiro atoms. The maximum Gasteiger partial charge on any atom is 0.356 e. The molecule has 0 unspecified atom stereocenters. The van der Waals surface area contributed by atoms with E-state index in [9.17, 15) is 4.79 Å².